The third kappa shape index (κ3) is 3.02. The lowest BCUT2D eigenvalue weighted by molar-refractivity contribution is 0.0945. The van der Waals surface area contributed by atoms with Gasteiger partial charge < -0.3 is 15.2 Å². The Morgan fingerprint density at radius 3 is 2.74 bits per heavy atom. The van der Waals surface area contributed by atoms with Gasteiger partial charge in [0.2, 0.25) is 0 Å². The molecule has 23 heavy (non-hydrogen) atoms. The zero-order valence-corrected chi connectivity index (χ0v) is 12.7. The van der Waals surface area contributed by atoms with E-state index in [0.29, 0.717) is 5.56 Å². The molecule has 3 N–H and O–H groups in total. The lowest BCUT2D eigenvalue weighted by Gasteiger charge is -2.04. The number of carbonyl (C=O) groups is 1. The molecular formula is C17H17N3O3. The van der Waals surface area contributed by atoms with Crippen LogP contribution >= 0.6 is 0 Å². The van der Waals surface area contributed by atoms with Gasteiger partial charge in [-0.15, -0.1) is 0 Å². The van der Waals surface area contributed by atoms with Crippen LogP contribution in [0, 0.1) is 0 Å². The number of nitrogens with one attached hydrogen (secondary N) is 2. The molecule has 118 valence electrons. The number of aromatic amines is 1. The molecule has 1 aromatic heterocycles. The second kappa shape index (κ2) is 6.50. The number of aliphatic hydroxyl groups excluding tert-OH is 1. The Kier molecular flexibility index (Phi) is 4.25. The van der Waals surface area contributed by atoms with E-state index in [-0.39, 0.29) is 19.1 Å². The minimum absolute atomic E-state index is 0.0785. The molecule has 0 unspecified atom stereocenters. The van der Waals surface area contributed by atoms with Gasteiger partial charge in [0.25, 0.3) is 5.91 Å². The Hall–Kier alpha value is -2.86. The van der Waals surface area contributed by atoms with Crippen molar-refractivity contribution in [3.05, 3.63) is 48.0 Å². The van der Waals surface area contributed by atoms with Gasteiger partial charge in [-0.25, -0.2) is 0 Å². The van der Waals surface area contributed by atoms with Crippen LogP contribution in [0.5, 0.6) is 5.75 Å². The predicted molar refractivity (Wildman–Crippen MR) is 87.5 cm³/mol. The summed E-state index contributed by atoms with van der Waals surface area (Å²) in [4.78, 5) is 11.8. The number of benzene rings is 2. The number of hydrogen-bond donors (Lipinski definition) is 3. The maximum Gasteiger partial charge on any atom is 0.251 e. The molecule has 6 heteroatoms. The van der Waals surface area contributed by atoms with Crippen LogP contribution < -0.4 is 10.1 Å². The van der Waals surface area contributed by atoms with Gasteiger partial charge in [-0.2, -0.15) is 5.10 Å². The fourth-order valence-corrected chi connectivity index (χ4v) is 2.39. The normalized spacial score (nSPS) is 10.7. The number of carbonyl (C=O) groups excluding carboxylic acids is 1. The second-order valence-corrected chi connectivity index (χ2v) is 5.04. The van der Waals surface area contributed by atoms with E-state index in [0.717, 1.165) is 27.9 Å². The van der Waals surface area contributed by atoms with Crippen LogP contribution in [0.1, 0.15) is 10.4 Å². The molecule has 0 aliphatic heterocycles. The molecule has 3 rings (SSSR count). The fourth-order valence-electron chi connectivity index (χ4n) is 2.39. The Labute approximate surface area is 133 Å². The summed E-state index contributed by atoms with van der Waals surface area (Å²) in [6.07, 6.45) is 0. The number of ether oxygens (including phenoxy) is 1. The third-order valence-electron chi connectivity index (χ3n) is 3.59. The first kappa shape index (κ1) is 15.1. The van der Waals surface area contributed by atoms with E-state index in [1.807, 2.05) is 30.3 Å². The molecular weight excluding hydrogens is 294 g/mol. The SMILES string of the molecule is COc1ccc2[nH]nc(-c3ccc(C(=O)NCCO)cc3)c2c1. The van der Waals surface area contributed by atoms with Crippen molar-refractivity contribution in [3.63, 3.8) is 0 Å². The topological polar surface area (TPSA) is 87.2 Å². The monoisotopic (exact) mass is 311 g/mol. The van der Waals surface area contributed by atoms with E-state index in [1.54, 1.807) is 19.2 Å². The summed E-state index contributed by atoms with van der Waals surface area (Å²) in [5.74, 6) is 0.555. The lowest BCUT2D eigenvalue weighted by atomic mass is 10.1. The van der Waals surface area contributed by atoms with Crippen LogP contribution in [-0.2, 0) is 0 Å². The third-order valence-corrected chi connectivity index (χ3v) is 3.59. The quantitative estimate of drug-likeness (QED) is 0.672. The summed E-state index contributed by atoms with van der Waals surface area (Å²) in [5.41, 5.74) is 3.18. The van der Waals surface area contributed by atoms with Crippen LogP contribution in [0.3, 0.4) is 0 Å². The summed E-state index contributed by atoms with van der Waals surface area (Å²) in [6, 6.07) is 12.9. The molecule has 1 heterocycles. The number of H-pyrrole nitrogens is 1. The summed E-state index contributed by atoms with van der Waals surface area (Å²) >= 11 is 0. The van der Waals surface area contributed by atoms with E-state index >= 15 is 0 Å². The summed E-state index contributed by atoms with van der Waals surface area (Å²) in [5, 5.41) is 19.7. The van der Waals surface area contributed by atoms with Gasteiger partial charge in [-0.05, 0) is 30.3 Å². The number of fused-ring (bicyclic) bond motifs is 1. The maximum absolute atomic E-state index is 11.8. The zero-order valence-electron chi connectivity index (χ0n) is 12.7. The van der Waals surface area contributed by atoms with Gasteiger partial charge in [0, 0.05) is 23.1 Å². The van der Waals surface area contributed by atoms with Crippen molar-refractivity contribution < 1.29 is 14.6 Å². The number of methoxy groups -OCH3 is 1. The number of rotatable bonds is 5. The molecule has 0 saturated carbocycles. The number of hydrogen-bond acceptors (Lipinski definition) is 4. The highest BCUT2D eigenvalue weighted by Crippen LogP contribution is 2.29. The van der Waals surface area contributed by atoms with Crippen molar-refractivity contribution in [2.75, 3.05) is 20.3 Å². The molecule has 6 nitrogen and oxygen atoms in total. The molecule has 0 atom stereocenters. The zero-order chi connectivity index (χ0) is 16.2. The van der Waals surface area contributed by atoms with Crippen LogP contribution in [0.4, 0.5) is 0 Å². The van der Waals surface area contributed by atoms with Gasteiger partial charge in [0.1, 0.15) is 11.4 Å². The molecule has 0 fully saturated rings. The smallest absolute Gasteiger partial charge is 0.251 e. The summed E-state index contributed by atoms with van der Waals surface area (Å²) < 4.78 is 5.26. The first-order valence-electron chi connectivity index (χ1n) is 7.24. The summed E-state index contributed by atoms with van der Waals surface area (Å²) in [7, 11) is 1.63. The number of aromatic nitrogens is 2. The van der Waals surface area contributed by atoms with Gasteiger partial charge in [-0.1, -0.05) is 12.1 Å². The highest BCUT2D eigenvalue weighted by molar-refractivity contribution is 5.96. The van der Waals surface area contributed by atoms with Crippen molar-refractivity contribution >= 4 is 16.8 Å². The maximum atomic E-state index is 11.8. The van der Waals surface area contributed by atoms with Crippen LogP contribution in [0.2, 0.25) is 0 Å². The van der Waals surface area contributed by atoms with E-state index < -0.39 is 0 Å². The Morgan fingerprint density at radius 1 is 1.26 bits per heavy atom. The average Bonchev–Trinajstić information content (AvgIpc) is 3.02. The molecule has 0 aliphatic rings. The molecule has 0 aliphatic carbocycles. The number of amides is 1. The molecule has 0 saturated heterocycles. The van der Waals surface area contributed by atoms with Crippen LogP contribution in [0.15, 0.2) is 42.5 Å². The minimum atomic E-state index is -0.209. The Morgan fingerprint density at radius 2 is 2.04 bits per heavy atom. The average molecular weight is 311 g/mol. The predicted octanol–water partition coefficient (Wildman–Crippen LogP) is 1.96. The highest BCUT2D eigenvalue weighted by Gasteiger charge is 2.10. The second-order valence-electron chi connectivity index (χ2n) is 5.04. The van der Waals surface area contributed by atoms with Crippen molar-refractivity contribution in [2.45, 2.75) is 0 Å². The van der Waals surface area contributed by atoms with Gasteiger partial charge >= 0.3 is 0 Å². The summed E-state index contributed by atoms with van der Waals surface area (Å²) in [6.45, 7) is 0.162. The molecule has 3 aromatic rings. The first-order chi connectivity index (χ1) is 11.2. The van der Waals surface area contributed by atoms with Gasteiger partial charge in [-0.3, -0.25) is 9.89 Å². The van der Waals surface area contributed by atoms with Gasteiger partial charge in [0.05, 0.1) is 19.2 Å². The van der Waals surface area contributed by atoms with Crippen molar-refractivity contribution in [3.8, 4) is 17.0 Å². The van der Waals surface area contributed by atoms with E-state index in [2.05, 4.69) is 15.5 Å². The Bertz CT molecular complexity index is 825. The van der Waals surface area contributed by atoms with E-state index in [4.69, 9.17) is 9.84 Å². The lowest BCUT2D eigenvalue weighted by Crippen LogP contribution is -2.26. The fraction of sp³-hybridized carbons (Fsp3) is 0.176. The van der Waals surface area contributed by atoms with E-state index in [1.165, 1.54) is 0 Å². The molecule has 1 amide bonds. The molecule has 2 aromatic carbocycles. The molecule has 0 bridgehead atoms. The standard InChI is InChI=1S/C17H17N3O3/c1-23-13-6-7-15-14(10-13)16(20-19-15)11-2-4-12(5-3-11)17(22)18-8-9-21/h2-7,10,21H,8-9H2,1H3,(H,18,22)(H,19,20). The first-order valence-corrected chi connectivity index (χ1v) is 7.24. The van der Waals surface area contributed by atoms with Crippen molar-refractivity contribution in [1.82, 2.24) is 15.5 Å². The van der Waals surface area contributed by atoms with Crippen molar-refractivity contribution in [2.24, 2.45) is 0 Å². The van der Waals surface area contributed by atoms with E-state index in [9.17, 15) is 4.79 Å². The van der Waals surface area contributed by atoms with Crippen molar-refractivity contribution in [1.29, 1.82) is 0 Å². The Balaban J connectivity index is 1.91. The molecule has 0 spiro atoms. The minimum Gasteiger partial charge on any atom is -0.497 e. The number of aliphatic hydroxyl groups is 1. The van der Waals surface area contributed by atoms with Crippen LogP contribution in [-0.4, -0.2) is 41.5 Å². The number of nitrogens with zero attached hydrogens (tertiary/aromatic N) is 1. The molecule has 0 radical (unpaired) electrons. The highest BCUT2D eigenvalue weighted by atomic mass is 16.5. The van der Waals surface area contributed by atoms with Crippen LogP contribution in [0.25, 0.3) is 22.2 Å². The van der Waals surface area contributed by atoms with Gasteiger partial charge in [0.15, 0.2) is 0 Å². The largest absolute Gasteiger partial charge is 0.497 e.